The molecule has 2 heterocycles. The van der Waals surface area contributed by atoms with Gasteiger partial charge < -0.3 is 9.97 Å². The van der Waals surface area contributed by atoms with Crippen LogP contribution in [-0.4, -0.2) is 9.97 Å². The van der Waals surface area contributed by atoms with Crippen molar-refractivity contribution in [3.63, 3.8) is 0 Å². The molecule has 11 rings (SSSR count). The fourth-order valence-corrected chi connectivity index (χ4v) is 10.1. The van der Waals surface area contributed by atoms with Crippen molar-refractivity contribution in [2.45, 2.75) is 40.5 Å². The van der Waals surface area contributed by atoms with Crippen molar-refractivity contribution in [2.24, 2.45) is 11.8 Å². The molecule has 11 aromatic rings. The number of hydrogen-bond acceptors (Lipinski definition) is 2. The van der Waals surface area contributed by atoms with Crippen LogP contribution in [0.1, 0.15) is 38.8 Å². The van der Waals surface area contributed by atoms with E-state index in [1.807, 2.05) is 36.7 Å². The summed E-state index contributed by atoms with van der Waals surface area (Å²) in [5.74, 6) is 1.24. The maximum absolute atomic E-state index is 5.00. The van der Waals surface area contributed by atoms with E-state index in [4.69, 9.17) is 4.98 Å². The molecular formula is C72H60IrN2-2. The fraction of sp³-hybridized carbons (Fsp3) is 0.111. The molecular weight excluding hydrogens is 1090 g/mol. The van der Waals surface area contributed by atoms with Gasteiger partial charge in [-0.15, -0.1) is 65.7 Å². The monoisotopic (exact) mass is 1150 g/mol. The topological polar surface area (TPSA) is 25.8 Å². The van der Waals surface area contributed by atoms with Crippen molar-refractivity contribution in [3.05, 3.63) is 278 Å². The quantitative estimate of drug-likeness (QED) is 0.108. The van der Waals surface area contributed by atoms with Crippen LogP contribution in [0.5, 0.6) is 0 Å². The van der Waals surface area contributed by atoms with Crippen LogP contribution in [0, 0.1) is 24.0 Å². The van der Waals surface area contributed by atoms with Crippen LogP contribution in [0.15, 0.2) is 255 Å². The molecule has 0 amide bonds. The molecule has 0 spiro atoms. The first-order valence-electron chi connectivity index (χ1n) is 25.9. The minimum atomic E-state index is 0. The molecule has 0 N–H and O–H groups in total. The maximum atomic E-state index is 5.00. The zero-order valence-electron chi connectivity index (χ0n) is 43.0. The predicted molar refractivity (Wildman–Crippen MR) is 312 cm³/mol. The third kappa shape index (κ3) is 12.3. The molecule has 9 aromatic carbocycles. The number of rotatable bonds is 13. The van der Waals surface area contributed by atoms with Gasteiger partial charge in [0, 0.05) is 32.5 Å². The Morgan fingerprint density at radius 3 is 1.07 bits per heavy atom. The SMILES string of the molecule is CC(C)Cc1ccc(-c2[c-]ccc(-c3c(-c4ccccc4)c(-c4ccccc4)c(-c4ccccc4)c(-c4ccccc4)c3-c3cccc(-c4ccccc4)c3)c2)nc1.CC(C)Cc1ccc(-c2[c-]cccc2)nc1.[Ir]. The molecule has 0 fully saturated rings. The summed E-state index contributed by atoms with van der Waals surface area (Å²) in [5, 5.41) is 0. The van der Waals surface area contributed by atoms with Crippen molar-refractivity contribution >= 4 is 0 Å². The van der Waals surface area contributed by atoms with Gasteiger partial charge in [-0.1, -0.05) is 227 Å². The van der Waals surface area contributed by atoms with Crippen LogP contribution in [0.2, 0.25) is 0 Å². The number of pyridine rings is 2. The summed E-state index contributed by atoms with van der Waals surface area (Å²) in [6.45, 7) is 8.94. The van der Waals surface area contributed by atoms with Gasteiger partial charge in [0.15, 0.2) is 0 Å². The van der Waals surface area contributed by atoms with E-state index in [0.717, 1.165) is 68.7 Å². The van der Waals surface area contributed by atoms with Gasteiger partial charge in [-0.25, -0.2) is 0 Å². The molecule has 75 heavy (non-hydrogen) atoms. The standard InChI is InChI=1S/C57H44N.C15H16N.Ir/c1-40(2)36-41-34-35-51(58-39-41)48-31-19-33-50(38-48)57-55(46-28-16-7-17-29-46)53(44-24-12-5-13-25-44)52(43-22-10-4-11-23-43)54(45-26-14-6-15-27-45)56(57)49-32-18-30-47(37-49)42-20-8-3-9-21-42;1-12(2)10-13-8-9-15(16-11-13)14-6-4-3-5-7-14;/h3-30,32-35,37-40H,36H2,1-2H3;3-6,8-9,11-12H,10H2,1-2H3;/q2*-1;. The van der Waals surface area contributed by atoms with Crippen molar-refractivity contribution < 1.29 is 20.1 Å². The molecule has 2 aromatic heterocycles. The first kappa shape index (κ1) is 51.8. The largest absolute Gasteiger partial charge is 0.304 e. The van der Waals surface area contributed by atoms with E-state index in [1.165, 1.54) is 55.6 Å². The zero-order valence-corrected chi connectivity index (χ0v) is 45.4. The van der Waals surface area contributed by atoms with Crippen molar-refractivity contribution in [1.29, 1.82) is 0 Å². The van der Waals surface area contributed by atoms with Crippen LogP contribution in [0.3, 0.4) is 0 Å². The third-order valence-corrected chi connectivity index (χ3v) is 13.3. The second-order valence-corrected chi connectivity index (χ2v) is 19.7. The van der Waals surface area contributed by atoms with Crippen LogP contribution in [0.4, 0.5) is 0 Å². The van der Waals surface area contributed by atoms with E-state index in [-0.39, 0.29) is 20.1 Å². The summed E-state index contributed by atoms with van der Waals surface area (Å²) in [7, 11) is 0. The Balaban J connectivity index is 0.000000346. The van der Waals surface area contributed by atoms with Crippen LogP contribution in [0.25, 0.3) is 100 Å². The van der Waals surface area contributed by atoms with Gasteiger partial charge in [-0.3, -0.25) is 0 Å². The Kier molecular flexibility index (Phi) is 17.1. The van der Waals surface area contributed by atoms with Gasteiger partial charge in [-0.2, -0.15) is 0 Å². The first-order chi connectivity index (χ1) is 36.4. The molecule has 2 nitrogen and oxygen atoms in total. The Morgan fingerprint density at radius 2 is 0.667 bits per heavy atom. The minimum absolute atomic E-state index is 0. The van der Waals surface area contributed by atoms with Crippen molar-refractivity contribution in [1.82, 2.24) is 9.97 Å². The summed E-state index contributed by atoms with van der Waals surface area (Å²) in [4.78, 5) is 9.47. The van der Waals surface area contributed by atoms with E-state index in [9.17, 15) is 0 Å². The van der Waals surface area contributed by atoms with Crippen LogP contribution >= 0.6 is 0 Å². The summed E-state index contributed by atoms with van der Waals surface area (Å²) in [6.07, 6.45) is 6.09. The van der Waals surface area contributed by atoms with Crippen LogP contribution in [-0.2, 0) is 32.9 Å². The molecule has 0 aliphatic rings. The van der Waals surface area contributed by atoms with E-state index in [2.05, 4.69) is 263 Å². The molecule has 1 radical (unpaired) electrons. The number of hydrogen-bond donors (Lipinski definition) is 0. The maximum Gasteiger partial charge on any atom is 0.0192 e. The Bertz CT molecular complexity index is 3540. The van der Waals surface area contributed by atoms with E-state index >= 15 is 0 Å². The van der Waals surface area contributed by atoms with Gasteiger partial charge in [0.25, 0.3) is 0 Å². The molecule has 0 bridgehead atoms. The summed E-state index contributed by atoms with van der Waals surface area (Å²) >= 11 is 0. The molecule has 0 saturated carbocycles. The molecule has 0 atom stereocenters. The summed E-state index contributed by atoms with van der Waals surface area (Å²) < 4.78 is 0. The second-order valence-electron chi connectivity index (χ2n) is 19.7. The predicted octanol–water partition coefficient (Wildman–Crippen LogP) is 19.2. The number of aromatic nitrogens is 2. The van der Waals surface area contributed by atoms with Crippen molar-refractivity contribution in [3.8, 4) is 100 Å². The van der Waals surface area contributed by atoms with Gasteiger partial charge in [0.1, 0.15) is 0 Å². The van der Waals surface area contributed by atoms with Crippen LogP contribution < -0.4 is 0 Å². The van der Waals surface area contributed by atoms with Gasteiger partial charge in [-0.05, 0) is 126 Å². The molecule has 369 valence electrons. The van der Waals surface area contributed by atoms with E-state index < -0.39 is 0 Å². The number of benzene rings is 9. The normalized spacial score (nSPS) is 10.9. The average Bonchev–Trinajstić information content (AvgIpc) is 3.47. The zero-order chi connectivity index (χ0) is 50.6. The average molecular weight is 1150 g/mol. The Morgan fingerprint density at radius 1 is 0.307 bits per heavy atom. The second kappa shape index (κ2) is 24.8. The van der Waals surface area contributed by atoms with E-state index in [1.54, 1.807) is 0 Å². The molecule has 0 aliphatic carbocycles. The van der Waals surface area contributed by atoms with Gasteiger partial charge >= 0.3 is 0 Å². The molecule has 0 saturated heterocycles. The van der Waals surface area contributed by atoms with Gasteiger partial charge in [0.2, 0.25) is 0 Å². The molecule has 0 aliphatic heterocycles. The summed E-state index contributed by atoms with van der Waals surface area (Å²) in [5.41, 5.74) is 22.8. The molecule has 3 heteroatoms. The first-order valence-corrected chi connectivity index (χ1v) is 25.9. The third-order valence-electron chi connectivity index (χ3n) is 13.3. The van der Waals surface area contributed by atoms with Crippen molar-refractivity contribution in [2.75, 3.05) is 0 Å². The Hall–Kier alpha value is -8.07. The Labute approximate surface area is 458 Å². The van der Waals surface area contributed by atoms with Gasteiger partial charge in [0.05, 0.1) is 0 Å². The fourth-order valence-electron chi connectivity index (χ4n) is 10.1. The smallest absolute Gasteiger partial charge is 0.0192 e. The minimum Gasteiger partial charge on any atom is -0.304 e. The summed E-state index contributed by atoms with van der Waals surface area (Å²) in [6, 6.07) is 93.4. The van der Waals surface area contributed by atoms with E-state index in [0.29, 0.717) is 11.8 Å². The number of nitrogens with zero attached hydrogens (tertiary/aromatic N) is 2. The molecule has 0 unspecified atom stereocenters.